The quantitative estimate of drug-likeness (QED) is 0.921. The fourth-order valence-electron chi connectivity index (χ4n) is 2.91. The molecule has 0 bridgehead atoms. The summed E-state index contributed by atoms with van der Waals surface area (Å²) in [6.07, 6.45) is 6.00. The molecule has 1 saturated carbocycles. The molecule has 2 aliphatic rings. The van der Waals surface area contributed by atoms with E-state index in [4.69, 9.17) is 0 Å². The minimum absolute atomic E-state index is 0.147. The monoisotopic (exact) mass is 288 g/mol. The second-order valence-corrected chi connectivity index (χ2v) is 6.50. The molecular weight excluding hydrogens is 264 g/mol. The number of piperidine rings is 1. The highest BCUT2D eigenvalue weighted by atomic mass is 16.1. The lowest BCUT2D eigenvalue weighted by molar-refractivity contribution is -0.126. The van der Waals surface area contributed by atoms with Crippen molar-refractivity contribution in [2.24, 2.45) is 5.92 Å². The second kappa shape index (κ2) is 6.00. The molecule has 1 aromatic rings. The van der Waals surface area contributed by atoms with Crippen LogP contribution < -0.4 is 10.2 Å². The van der Waals surface area contributed by atoms with Gasteiger partial charge < -0.3 is 10.2 Å². The molecule has 1 saturated heterocycles. The Morgan fingerprint density at radius 1 is 1.24 bits per heavy atom. The molecule has 1 N–H and O–H groups in total. The van der Waals surface area contributed by atoms with Gasteiger partial charge in [-0.05, 0) is 39.5 Å². The average Bonchev–Trinajstić information content (AvgIpc) is 3.31. The van der Waals surface area contributed by atoms with Crippen LogP contribution in [0.4, 0.5) is 5.82 Å². The van der Waals surface area contributed by atoms with E-state index in [2.05, 4.69) is 26.3 Å². The van der Waals surface area contributed by atoms with Crippen molar-refractivity contribution in [3.8, 4) is 0 Å². The molecule has 5 heteroatoms. The van der Waals surface area contributed by atoms with Gasteiger partial charge in [-0.3, -0.25) is 4.79 Å². The van der Waals surface area contributed by atoms with Gasteiger partial charge in [-0.1, -0.05) is 0 Å². The molecule has 1 aromatic heterocycles. The first-order chi connectivity index (χ1) is 10.1. The summed E-state index contributed by atoms with van der Waals surface area (Å²) < 4.78 is 0. The topological polar surface area (TPSA) is 58.1 Å². The maximum absolute atomic E-state index is 12.0. The maximum atomic E-state index is 12.0. The van der Waals surface area contributed by atoms with Crippen LogP contribution in [0.2, 0.25) is 0 Å². The molecule has 1 aliphatic heterocycles. The van der Waals surface area contributed by atoms with Crippen LogP contribution in [0.25, 0.3) is 0 Å². The number of aromatic nitrogens is 2. The van der Waals surface area contributed by atoms with Gasteiger partial charge in [0.15, 0.2) is 0 Å². The number of carbonyl (C=O) groups excluding carboxylic acids is 1. The Morgan fingerprint density at radius 2 is 1.95 bits per heavy atom. The maximum Gasteiger partial charge on any atom is 0.223 e. The highest BCUT2D eigenvalue weighted by molar-refractivity contribution is 5.79. The summed E-state index contributed by atoms with van der Waals surface area (Å²) in [6.45, 7) is 5.81. The molecular formula is C16H24N4O. The van der Waals surface area contributed by atoms with Gasteiger partial charge in [0, 0.05) is 42.7 Å². The summed E-state index contributed by atoms with van der Waals surface area (Å²) in [7, 11) is 0. The Balaban J connectivity index is 1.58. The van der Waals surface area contributed by atoms with Crippen molar-refractivity contribution in [1.29, 1.82) is 0 Å². The number of nitrogens with one attached hydrogen (secondary N) is 1. The molecule has 2 heterocycles. The van der Waals surface area contributed by atoms with Crippen LogP contribution in [-0.4, -0.2) is 35.0 Å². The number of anilines is 1. The summed E-state index contributed by atoms with van der Waals surface area (Å²) in [5.74, 6) is 2.02. The normalized spacial score (nSPS) is 19.9. The van der Waals surface area contributed by atoms with E-state index >= 15 is 0 Å². The molecule has 1 amide bonds. The van der Waals surface area contributed by atoms with E-state index in [1.54, 1.807) is 6.33 Å². The molecule has 21 heavy (non-hydrogen) atoms. The Hall–Kier alpha value is -1.65. The number of hydrogen-bond donors (Lipinski definition) is 1. The highest BCUT2D eigenvalue weighted by Crippen LogP contribution is 2.39. The van der Waals surface area contributed by atoms with Crippen LogP contribution in [0.15, 0.2) is 12.4 Å². The number of carbonyl (C=O) groups is 1. The Morgan fingerprint density at radius 3 is 2.57 bits per heavy atom. The molecule has 0 radical (unpaired) electrons. The summed E-state index contributed by atoms with van der Waals surface area (Å²) in [4.78, 5) is 23.1. The Bertz CT molecular complexity index is 505. The zero-order valence-electron chi connectivity index (χ0n) is 12.9. The summed E-state index contributed by atoms with van der Waals surface area (Å²) in [6, 6.07) is 2.35. The fraction of sp³-hybridized carbons (Fsp3) is 0.688. The third-order valence-electron chi connectivity index (χ3n) is 4.29. The van der Waals surface area contributed by atoms with E-state index in [9.17, 15) is 4.79 Å². The van der Waals surface area contributed by atoms with Gasteiger partial charge in [-0.15, -0.1) is 0 Å². The first kappa shape index (κ1) is 14.3. The summed E-state index contributed by atoms with van der Waals surface area (Å²) >= 11 is 0. The summed E-state index contributed by atoms with van der Waals surface area (Å²) in [5, 5.41) is 3.02. The first-order valence-electron chi connectivity index (χ1n) is 8.00. The largest absolute Gasteiger partial charge is 0.356 e. The van der Waals surface area contributed by atoms with Gasteiger partial charge in [0.2, 0.25) is 5.91 Å². The van der Waals surface area contributed by atoms with Crippen molar-refractivity contribution in [1.82, 2.24) is 15.3 Å². The van der Waals surface area contributed by atoms with Gasteiger partial charge in [0.1, 0.15) is 12.1 Å². The van der Waals surface area contributed by atoms with Crippen LogP contribution in [0.3, 0.4) is 0 Å². The van der Waals surface area contributed by atoms with Crippen molar-refractivity contribution >= 4 is 11.7 Å². The third kappa shape index (κ3) is 3.52. The predicted octanol–water partition coefficient (Wildman–Crippen LogP) is 2.09. The summed E-state index contributed by atoms with van der Waals surface area (Å²) in [5.41, 5.74) is 1.18. The van der Waals surface area contributed by atoms with E-state index < -0.39 is 0 Å². The van der Waals surface area contributed by atoms with Crippen molar-refractivity contribution in [2.75, 3.05) is 18.0 Å². The van der Waals surface area contributed by atoms with Gasteiger partial charge in [-0.25, -0.2) is 9.97 Å². The zero-order chi connectivity index (χ0) is 14.8. The van der Waals surface area contributed by atoms with Crippen LogP contribution in [0.5, 0.6) is 0 Å². The van der Waals surface area contributed by atoms with Gasteiger partial charge >= 0.3 is 0 Å². The van der Waals surface area contributed by atoms with E-state index in [1.807, 2.05) is 13.8 Å². The van der Waals surface area contributed by atoms with Gasteiger partial charge in [0.25, 0.3) is 0 Å². The van der Waals surface area contributed by atoms with Crippen molar-refractivity contribution in [3.63, 3.8) is 0 Å². The standard InChI is InChI=1S/C16H24N4O/c1-11(2)19-16(21)13-5-7-20(8-6-13)15-9-14(12-3-4-12)17-10-18-15/h9-13H,3-8H2,1-2H3,(H,19,21). The number of hydrogen-bond acceptors (Lipinski definition) is 4. The number of amides is 1. The minimum Gasteiger partial charge on any atom is -0.356 e. The lowest BCUT2D eigenvalue weighted by Crippen LogP contribution is -2.42. The van der Waals surface area contributed by atoms with E-state index in [-0.39, 0.29) is 17.9 Å². The van der Waals surface area contributed by atoms with Crippen LogP contribution in [0, 0.1) is 5.92 Å². The molecule has 0 aromatic carbocycles. The zero-order valence-corrected chi connectivity index (χ0v) is 12.9. The molecule has 0 spiro atoms. The minimum atomic E-state index is 0.147. The van der Waals surface area contributed by atoms with Crippen LogP contribution in [-0.2, 0) is 4.79 Å². The SMILES string of the molecule is CC(C)NC(=O)C1CCN(c2cc(C3CC3)ncn2)CC1. The first-order valence-corrected chi connectivity index (χ1v) is 8.00. The molecule has 3 rings (SSSR count). The molecule has 114 valence electrons. The van der Waals surface area contributed by atoms with E-state index in [0.717, 1.165) is 31.7 Å². The van der Waals surface area contributed by atoms with Crippen molar-refractivity contribution in [2.45, 2.75) is 51.5 Å². The van der Waals surface area contributed by atoms with Crippen molar-refractivity contribution < 1.29 is 4.79 Å². The van der Waals surface area contributed by atoms with Crippen LogP contribution >= 0.6 is 0 Å². The molecule has 2 fully saturated rings. The average molecular weight is 288 g/mol. The predicted molar refractivity (Wildman–Crippen MR) is 82.2 cm³/mol. The van der Waals surface area contributed by atoms with E-state index in [0.29, 0.717) is 5.92 Å². The molecule has 5 nitrogen and oxygen atoms in total. The smallest absolute Gasteiger partial charge is 0.223 e. The third-order valence-corrected chi connectivity index (χ3v) is 4.29. The molecule has 1 aliphatic carbocycles. The van der Waals surface area contributed by atoms with E-state index in [1.165, 1.54) is 18.5 Å². The highest BCUT2D eigenvalue weighted by Gasteiger charge is 2.28. The Labute approximate surface area is 126 Å². The molecule has 0 atom stereocenters. The lowest BCUT2D eigenvalue weighted by atomic mass is 9.95. The van der Waals surface area contributed by atoms with Crippen LogP contribution in [0.1, 0.15) is 51.1 Å². The lowest BCUT2D eigenvalue weighted by Gasteiger charge is -2.32. The van der Waals surface area contributed by atoms with Gasteiger partial charge in [0.05, 0.1) is 0 Å². The fourth-order valence-corrected chi connectivity index (χ4v) is 2.91. The number of rotatable bonds is 4. The van der Waals surface area contributed by atoms with Gasteiger partial charge in [-0.2, -0.15) is 0 Å². The Kier molecular flexibility index (Phi) is 4.08. The van der Waals surface area contributed by atoms with Crippen molar-refractivity contribution in [3.05, 3.63) is 18.1 Å². The molecule has 0 unspecified atom stereocenters. The second-order valence-electron chi connectivity index (χ2n) is 6.50. The number of nitrogens with zero attached hydrogens (tertiary/aromatic N) is 3.